The summed E-state index contributed by atoms with van der Waals surface area (Å²) in [5.74, 6) is 0.00273. The van der Waals surface area contributed by atoms with E-state index in [1.807, 2.05) is 36.4 Å². The first-order chi connectivity index (χ1) is 10.8. The van der Waals surface area contributed by atoms with E-state index in [0.717, 1.165) is 11.1 Å². The van der Waals surface area contributed by atoms with Crippen LogP contribution in [-0.2, 0) is 22.7 Å². The lowest BCUT2D eigenvalue weighted by Crippen LogP contribution is -2.15. The molecule has 0 saturated heterocycles. The molecule has 0 aliphatic heterocycles. The van der Waals surface area contributed by atoms with Gasteiger partial charge in [-0.1, -0.05) is 30.3 Å². The minimum atomic E-state index is -0.418. The summed E-state index contributed by atoms with van der Waals surface area (Å²) in [5, 5.41) is 11.9. The molecule has 0 aliphatic rings. The van der Waals surface area contributed by atoms with Crippen LogP contribution < -0.4 is 0 Å². The Morgan fingerprint density at radius 1 is 1.14 bits per heavy atom. The summed E-state index contributed by atoms with van der Waals surface area (Å²) in [5.41, 5.74) is 1.67. The standard InChI is InChI=1S/C15H13N5O2/c21-14(22-11-12-5-2-1-3-6-12)10-20-18-15(17-19-20)13-7-4-8-16-9-13/h1-9H,10-11H2. The van der Waals surface area contributed by atoms with Crippen LogP contribution in [0.25, 0.3) is 11.4 Å². The number of ether oxygens (including phenoxy) is 1. The van der Waals surface area contributed by atoms with E-state index in [4.69, 9.17) is 4.74 Å². The van der Waals surface area contributed by atoms with E-state index in [1.165, 1.54) is 4.80 Å². The predicted molar refractivity (Wildman–Crippen MR) is 77.3 cm³/mol. The Balaban J connectivity index is 1.57. The van der Waals surface area contributed by atoms with Gasteiger partial charge in [0, 0.05) is 18.0 Å². The van der Waals surface area contributed by atoms with Crippen LogP contribution in [0.1, 0.15) is 5.56 Å². The number of nitrogens with zero attached hydrogens (tertiary/aromatic N) is 5. The van der Waals surface area contributed by atoms with Crippen LogP contribution in [0, 0.1) is 0 Å². The highest BCUT2D eigenvalue weighted by molar-refractivity contribution is 5.69. The Morgan fingerprint density at radius 3 is 2.77 bits per heavy atom. The Labute approximate surface area is 126 Å². The zero-order chi connectivity index (χ0) is 15.2. The number of hydrogen-bond donors (Lipinski definition) is 0. The summed E-state index contributed by atoms with van der Waals surface area (Å²) in [6, 6.07) is 13.1. The predicted octanol–water partition coefficient (Wildman–Crippen LogP) is 1.48. The second-order valence-electron chi connectivity index (χ2n) is 4.53. The zero-order valence-electron chi connectivity index (χ0n) is 11.7. The summed E-state index contributed by atoms with van der Waals surface area (Å²) >= 11 is 0. The van der Waals surface area contributed by atoms with Gasteiger partial charge in [0.2, 0.25) is 5.82 Å². The highest BCUT2D eigenvalue weighted by Gasteiger charge is 2.10. The van der Waals surface area contributed by atoms with Crippen molar-refractivity contribution in [3.8, 4) is 11.4 Å². The van der Waals surface area contributed by atoms with Crippen LogP contribution in [0.15, 0.2) is 54.9 Å². The zero-order valence-corrected chi connectivity index (χ0v) is 11.7. The third-order valence-corrected chi connectivity index (χ3v) is 2.89. The summed E-state index contributed by atoms with van der Waals surface area (Å²) in [7, 11) is 0. The summed E-state index contributed by atoms with van der Waals surface area (Å²) in [4.78, 5) is 17.0. The van der Waals surface area contributed by atoms with Gasteiger partial charge in [-0.25, -0.2) is 4.79 Å². The van der Waals surface area contributed by atoms with Gasteiger partial charge in [-0.15, -0.1) is 10.2 Å². The van der Waals surface area contributed by atoms with Crippen molar-refractivity contribution >= 4 is 5.97 Å². The second kappa shape index (κ2) is 6.57. The van der Waals surface area contributed by atoms with Gasteiger partial charge in [0.15, 0.2) is 6.54 Å². The number of aromatic nitrogens is 5. The molecule has 0 atom stereocenters. The first-order valence-electron chi connectivity index (χ1n) is 6.69. The molecule has 0 saturated carbocycles. The van der Waals surface area contributed by atoms with Gasteiger partial charge in [-0.3, -0.25) is 4.98 Å². The van der Waals surface area contributed by atoms with Crippen molar-refractivity contribution in [2.45, 2.75) is 13.2 Å². The number of pyridine rings is 1. The van der Waals surface area contributed by atoms with E-state index in [-0.39, 0.29) is 13.2 Å². The molecule has 0 aliphatic carbocycles. The number of carbonyl (C=O) groups is 1. The van der Waals surface area contributed by atoms with Crippen LogP contribution in [0.5, 0.6) is 0 Å². The largest absolute Gasteiger partial charge is 0.459 e. The molecule has 0 radical (unpaired) electrons. The third-order valence-electron chi connectivity index (χ3n) is 2.89. The molecule has 0 amide bonds. The normalized spacial score (nSPS) is 10.4. The molecular weight excluding hydrogens is 282 g/mol. The molecule has 7 nitrogen and oxygen atoms in total. The van der Waals surface area contributed by atoms with Crippen molar-refractivity contribution in [1.29, 1.82) is 0 Å². The third kappa shape index (κ3) is 3.51. The van der Waals surface area contributed by atoms with E-state index in [9.17, 15) is 4.79 Å². The fourth-order valence-corrected chi connectivity index (χ4v) is 1.82. The van der Waals surface area contributed by atoms with Gasteiger partial charge in [0.05, 0.1) is 0 Å². The van der Waals surface area contributed by atoms with Crippen LogP contribution >= 0.6 is 0 Å². The molecule has 2 aromatic heterocycles. The van der Waals surface area contributed by atoms with Crippen molar-refractivity contribution in [3.63, 3.8) is 0 Å². The van der Waals surface area contributed by atoms with Crippen LogP contribution in [0.3, 0.4) is 0 Å². The van der Waals surface area contributed by atoms with Crippen molar-refractivity contribution in [3.05, 3.63) is 60.4 Å². The topological polar surface area (TPSA) is 82.8 Å². The van der Waals surface area contributed by atoms with Gasteiger partial charge < -0.3 is 4.74 Å². The van der Waals surface area contributed by atoms with E-state index in [1.54, 1.807) is 18.5 Å². The van der Waals surface area contributed by atoms with Gasteiger partial charge in [0.1, 0.15) is 6.61 Å². The fourth-order valence-electron chi connectivity index (χ4n) is 1.82. The molecule has 0 N–H and O–H groups in total. The Morgan fingerprint density at radius 2 is 2.00 bits per heavy atom. The maximum Gasteiger partial charge on any atom is 0.330 e. The van der Waals surface area contributed by atoms with Crippen molar-refractivity contribution < 1.29 is 9.53 Å². The fraction of sp³-hybridized carbons (Fsp3) is 0.133. The molecule has 0 spiro atoms. The lowest BCUT2D eigenvalue weighted by molar-refractivity contribution is -0.146. The Bertz CT molecular complexity index is 743. The molecule has 3 rings (SSSR count). The number of tetrazole rings is 1. The minimum absolute atomic E-state index is 0.0832. The lowest BCUT2D eigenvalue weighted by atomic mass is 10.2. The van der Waals surface area contributed by atoms with E-state index in [2.05, 4.69) is 20.4 Å². The molecule has 3 aromatic rings. The number of hydrogen-bond acceptors (Lipinski definition) is 6. The smallest absolute Gasteiger partial charge is 0.330 e. The van der Waals surface area contributed by atoms with Gasteiger partial charge >= 0.3 is 5.97 Å². The van der Waals surface area contributed by atoms with E-state index >= 15 is 0 Å². The first kappa shape index (κ1) is 13.9. The quantitative estimate of drug-likeness (QED) is 0.663. The van der Waals surface area contributed by atoms with Gasteiger partial charge in [-0.05, 0) is 22.9 Å². The number of carbonyl (C=O) groups excluding carboxylic acids is 1. The summed E-state index contributed by atoms with van der Waals surface area (Å²) in [6.07, 6.45) is 3.30. The number of esters is 1. The molecule has 0 bridgehead atoms. The maximum absolute atomic E-state index is 11.8. The molecular formula is C15H13N5O2. The molecule has 0 unspecified atom stereocenters. The molecule has 1 aromatic carbocycles. The average molecular weight is 295 g/mol. The number of benzene rings is 1. The molecule has 0 fully saturated rings. The average Bonchev–Trinajstić information content (AvgIpc) is 3.03. The minimum Gasteiger partial charge on any atom is -0.459 e. The Hall–Kier alpha value is -3.09. The highest BCUT2D eigenvalue weighted by atomic mass is 16.5. The van der Waals surface area contributed by atoms with E-state index in [0.29, 0.717) is 5.82 Å². The monoisotopic (exact) mass is 295 g/mol. The number of rotatable bonds is 5. The molecule has 2 heterocycles. The molecule has 7 heteroatoms. The van der Waals surface area contributed by atoms with Crippen LogP contribution in [0.4, 0.5) is 0 Å². The van der Waals surface area contributed by atoms with Gasteiger partial charge in [-0.2, -0.15) is 4.80 Å². The van der Waals surface area contributed by atoms with Crippen LogP contribution in [0.2, 0.25) is 0 Å². The van der Waals surface area contributed by atoms with Crippen molar-refractivity contribution in [2.75, 3.05) is 0 Å². The first-order valence-corrected chi connectivity index (χ1v) is 6.69. The van der Waals surface area contributed by atoms with E-state index < -0.39 is 5.97 Å². The van der Waals surface area contributed by atoms with Crippen molar-refractivity contribution in [2.24, 2.45) is 0 Å². The maximum atomic E-state index is 11.8. The van der Waals surface area contributed by atoms with Crippen LogP contribution in [-0.4, -0.2) is 31.2 Å². The molecule has 110 valence electrons. The summed E-state index contributed by atoms with van der Waals surface area (Å²) in [6.45, 7) is 0.143. The summed E-state index contributed by atoms with van der Waals surface area (Å²) < 4.78 is 5.17. The second-order valence-corrected chi connectivity index (χ2v) is 4.53. The SMILES string of the molecule is O=C(Cn1nnc(-c2cccnc2)n1)OCc1ccccc1. The van der Waals surface area contributed by atoms with Gasteiger partial charge in [0.25, 0.3) is 0 Å². The Kier molecular flexibility index (Phi) is 4.15. The highest BCUT2D eigenvalue weighted by Crippen LogP contribution is 2.10. The lowest BCUT2D eigenvalue weighted by Gasteiger charge is -2.03. The van der Waals surface area contributed by atoms with Crippen molar-refractivity contribution in [1.82, 2.24) is 25.2 Å². The molecule has 22 heavy (non-hydrogen) atoms.